The Kier molecular flexibility index (Phi) is 17.2. The van der Waals surface area contributed by atoms with Crippen LogP contribution in [0.5, 0.6) is 0 Å². The van der Waals surface area contributed by atoms with Crippen LogP contribution in [0.25, 0.3) is 0 Å². The van der Waals surface area contributed by atoms with E-state index in [9.17, 15) is 38.9 Å². The molecular weight excluding hydrogens is 997 g/mol. The number of anilines is 1. The van der Waals surface area contributed by atoms with Crippen molar-refractivity contribution < 1.29 is 38.9 Å². The van der Waals surface area contributed by atoms with E-state index in [-0.39, 0.29) is 35.7 Å². The Balaban J connectivity index is 1.08. The molecule has 7 rings (SSSR count). The Morgan fingerprint density at radius 3 is 1.42 bits per heavy atom. The predicted molar refractivity (Wildman–Crippen MR) is 273 cm³/mol. The third-order valence-electron chi connectivity index (χ3n) is 10.6. The van der Waals surface area contributed by atoms with Crippen molar-refractivity contribution in [2.45, 2.75) is 56.2 Å². The Bertz CT molecular complexity index is 3560. The molecule has 0 radical (unpaired) electrons. The summed E-state index contributed by atoms with van der Waals surface area (Å²) in [6.07, 6.45) is 1.43. The highest BCUT2D eigenvalue weighted by Gasteiger charge is 2.19. The highest BCUT2D eigenvalue weighted by atomic mass is 32.2. The molecule has 0 aliphatic carbocycles. The Morgan fingerprint density at radius 2 is 0.932 bits per heavy atom. The first-order valence-corrected chi connectivity index (χ1v) is 26.9. The maximum absolute atomic E-state index is 12.4. The topological polar surface area (TPSA) is 304 Å². The van der Waals surface area contributed by atoms with E-state index < -0.39 is 41.0 Å². The monoisotopic (exact) mass is 1040 g/mol. The molecule has 0 aliphatic rings. The minimum Gasteiger partial charge on any atom is -0.341 e. The molecule has 3 N–H and O–H groups in total. The van der Waals surface area contributed by atoms with Crippen LogP contribution in [-0.4, -0.2) is 72.7 Å². The SMILES string of the molecule is CCCN(CCCS(=O)(=O)O)c1nc(Cc2ccc(N=Nc3ccc(N=Nc4ccc(S(=O)(=O)O)cc4)cc3)c(C)c2)nc(Cc2ccc(N=Nc3ccc(N=Nc4ccccc4)cc3S(=O)(=O)O)c(C)c2)n1. The van der Waals surface area contributed by atoms with Gasteiger partial charge in [-0.05, 0) is 140 Å². The molecule has 1 heterocycles. The van der Waals surface area contributed by atoms with E-state index in [1.807, 2.05) is 62.1 Å². The minimum absolute atomic E-state index is 0.101. The molecule has 21 nitrogen and oxygen atoms in total. The van der Waals surface area contributed by atoms with E-state index in [2.05, 4.69) is 40.9 Å². The molecule has 1 aromatic heterocycles. The molecule has 73 heavy (non-hydrogen) atoms. The van der Waals surface area contributed by atoms with E-state index in [1.54, 1.807) is 54.6 Å². The van der Waals surface area contributed by atoms with Crippen molar-refractivity contribution in [2.75, 3.05) is 23.7 Å². The molecule has 376 valence electrons. The standard InChI is InChI=1S/C49H48N12O9S3/c1-4-25-61(26-8-27-71(62,63)64)49-51-47(30-35-11-22-43(33(2)28-35)58-56-39-15-13-38(14-16-39)54-55-40-17-20-42(21-18-40)72(65,66)67)50-48(52-49)31-36-12-23-44(34(3)29-36)59-60-45-24-19-41(32-46(45)73(68,69)70)57-53-37-9-6-5-7-10-37/h5-7,9-24,28-29,32H,4,8,25-27,30-31H2,1-3H3,(H,62,63,64)(H,65,66,67)(H,68,69,70). The van der Waals surface area contributed by atoms with Crippen LogP contribution in [0.2, 0.25) is 0 Å². The van der Waals surface area contributed by atoms with Gasteiger partial charge in [-0.1, -0.05) is 49.4 Å². The molecule has 0 fully saturated rings. The molecule has 24 heteroatoms. The highest BCUT2D eigenvalue weighted by molar-refractivity contribution is 7.86. The fourth-order valence-corrected chi connectivity index (χ4v) is 8.71. The molecule has 0 amide bonds. The summed E-state index contributed by atoms with van der Waals surface area (Å²) in [5, 5.41) is 33.7. The Labute approximate surface area is 422 Å². The molecule has 0 spiro atoms. The van der Waals surface area contributed by atoms with Crippen molar-refractivity contribution in [1.82, 2.24) is 15.0 Å². The van der Waals surface area contributed by atoms with Gasteiger partial charge in [-0.2, -0.15) is 71.0 Å². The van der Waals surface area contributed by atoms with E-state index in [0.717, 1.165) is 22.8 Å². The first-order chi connectivity index (χ1) is 34.8. The van der Waals surface area contributed by atoms with Gasteiger partial charge in [0.1, 0.15) is 22.2 Å². The summed E-state index contributed by atoms with van der Waals surface area (Å²) in [5.74, 6) is 0.828. The molecule has 0 atom stereocenters. The maximum Gasteiger partial charge on any atom is 0.296 e. The van der Waals surface area contributed by atoms with Crippen LogP contribution in [0.1, 0.15) is 53.7 Å². The van der Waals surface area contributed by atoms with Crippen LogP contribution in [-0.2, 0) is 43.2 Å². The second-order valence-electron chi connectivity index (χ2n) is 16.4. The van der Waals surface area contributed by atoms with Crippen LogP contribution < -0.4 is 4.90 Å². The van der Waals surface area contributed by atoms with Gasteiger partial charge in [-0.15, -0.1) is 5.11 Å². The number of azo groups is 4. The Hall–Kier alpha value is -7.74. The number of hydrogen-bond acceptors (Lipinski definition) is 18. The van der Waals surface area contributed by atoms with Gasteiger partial charge in [0.05, 0.1) is 50.5 Å². The second-order valence-corrected chi connectivity index (χ2v) is 20.8. The summed E-state index contributed by atoms with van der Waals surface area (Å²) in [5.41, 5.74) is 6.41. The number of benzene rings is 6. The van der Waals surface area contributed by atoms with Gasteiger partial charge < -0.3 is 4.90 Å². The second kappa shape index (κ2) is 23.7. The molecule has 0 unspecified atom stereocenters. The predicted octanol–water partition coefficient (Wildman–Crippen LogP) is 12.3. The first-order valence-electron chi connectivity index (χ1n) is 22.4. The molecule has 6 aromatic carbocycles. The highest BCUT2D eigenvalue weighted by Crippen LogP contribution is 2.33. The largest absolute Gasteiger partial charge is 0.341 e. The lowest BCUT2D eigenvalue weighted by Crippen LogP contribution is -2.29. The lowest BCUT2D eigenvalue weighted by atomic mass is 10.1. The van der Waals surface area contributed by atoms with Crippen molar-refractivity contribution in [2.24, 2.45) is 40.9 Å². The fraction of sp³-hybridized carbons (Fsp3) is 0.204. The molecule has 0 saturated carbocycles. The van der Waals surface area contributed by atoms with Gasteiger partial charge >= 0.3 is 0 Å². The number of aryl methyl sites for hydroxylation is 2. The quantitative estimate of drug-likeness (QED) is 0.0446. The number of aromatic nitrogens is 3. The fourth-order valence-electron chi connectivity index (χ4n) is 7.09. The average Bonchev–Trinajstić information content (AvgIpc) is 3.34. The van der Waals surface area contributed by atoms with Gasteiger partial charge in [-0.3, -0.25) is 13.7 Å². The van der Waals surface area contributed by atoms with Gasteiger partial charge in [0, 0.05) is 25.9 Å². The van der Waals surface area contributed by atoms with E-state index in [0.29, 0.717) is 76.7 Å². The Morgan fingerprint density at radius 1 is 0.479 bits per heavy atom. The van der Waals surface area contributed by atoms with Crippen LogP contribution >= 0.6 is 0 Å². The zero-order chi connectivity index (χ0) is 52.2. The van der Waals surface area contributed by atoms with Gasteiger partial charge in [0.15, 0.2) is 0 Å². The lowest BCUT2D eigenvalue weighted by Gasteiger charge is -2.23. The summed E-state index contributed by atoms with van der Waals surface area (Å²) >= 11 is 0. The van der Waals surface area contributed by atoms with Crippen molar-refractivity contribution in [1.29, 1.82) is 0 Å². The van der Waals surface area contributed by atoms with Gasteiger partial charge in [-0.25, -0.2) is 4.98 Å². The summed E-state index contributed by atoms with van der Waals surface area (Å²) in [7, 11) is -13.2. The number of nitrogens with zero attached hydrogens (tertiary/aromatic N) is 12. The molecule has 0 saturated heterocycles. The molecule has 7 aromatic rings. The minimum atomic E-state index is -4.71. The number of hydrogen-bond donors (Lipinski definition) is 3. The van der Waals surface area contributed by atoms with Crippen molar-refractivity contribution in [3.63, 3.8) is 0 Å². The lowest BCUT2D eigenvalue weighted by molar-refractivity contribution is 0.479. The average molecular weight is 1050 g/mol. The third kappa shape index (κ3) is 15.9. The van der Waals surface area contributed by atoms with Crippen LogP contribution in [0.4, 0.5) is 51.4 Å². The zero-order valence-electron chi connectivity index (χ0n) is 39.5. The third-order valence-corrected chi connectivity index (χ3v) is 13.2. The van der Waals surface area contributed by atoms with Crippen molar-refractivity contribution >= 4 is 81.8 Å². The summed E-state index contributed by atoms with van der Waals surface area (Å²) in [6.45, 7) is 6.47. The van der Waals surface area contributed by atoms with Crippen molar-refractivity contribution in [3.8, 4) is 0 Å². The van der Waals surface area contributed by atoms with Gasteiger partial charge in [0.25, 0.3) is 30.4 Å². The maximum atomic E-state index is 12.4. The van der Waals surface area contributed by atoms with Crippen LogP contribution in [0, 0.1) is 13.8 Å². The van der Waals surface area contributed by atoms with Crippen LogP contribution in [0.15, 0.2) is 184 Å². The summed E-state index contributed by atoms with van der Waals surface area (Å²) in [6, 6.07) is 36.2. The van der Waals surface area contributed by atoms with Crippen molar-refractivity contribution in [3.05, 3.63) is 167 Å². The summed E-state index contributed by atoms with van der Waals surface area (Å²) < 4.78 is 99.1. The molecular formula is C49H48N12O9S3. The smallest absolute Gasteiger partial charge is 0.296 e. The van der Waals surface area contributed by atoms with Crippen LogP contribution in [0.3, 0.4) is 0 Å². The summed E-state index contributed by atoms with van der Waals surface area (Å²) in [4.78, 5) is 15.6. The zero-order valence-corrected chi connectivity index (χ0v) is 42.0. The van der Waals surface area contributed by atoms with E-state index in [4.69, 9.17) is 15.0 Å². The number of rotatable bonds is 21. The first kappa shape index (κ1) is 53.1. The van der Waals surface area contributed by atoms with E-state index in [1.165, 1.54) is 36.4 Å². The molecule has 0 bridgehead atoms. The molecule has 0 aliphatic heterocycles. The van der Waals surface area contributed by atoms with E-state index >= 15 is 0 Å². The van der Waals surface area contributed by atoms with Gasteiger partial charge in [0.2, 0.25) is 5.95 Å². The normalized spacial score (nSPS) is 12.5.